The molecule has 0 radical (unpaired) electrons. The van der Waals surface area contributed by atoms with Crippen LogP contribution in [0.25, 0.3) is 0 Å². The number of halogens is 1. The van der Waals surface area contributed by atoms with Crippen LogP contribution in [0.1, 0.15) is 43.7 Å². The average molecular weight is 632 g/mol. The van der Waals surface area contributed by atoms with E-state index in [2.05, 4.69) is 5.32 Å². The van der Waals surface area contributed by atoms with E-state index in [0.717, 1.165) is 11.1 Å². The molecule has 0 aromatic heterocycles. The molecule has 3 aromatic rings. The fourth-order valence-corrected chi connectivity index (χ4v) is 8.69. The van der Waals surface area contributed by atoms with E-state index in [0.29, 0.717) is 48.0 Å². The maximum atomic E-state index is 13.5. The highest BCUT2D eigenvalue weighted by Crippen LogP contribution is 2.36. The van der Waals surface area contributed by atoms with Gasteiger partial charge in [-0.25, -0.2) is 16.8 Å². The lowest BCUT2D eigenvalue weighted by atomic mass is 9.97. The van der Waals surface area contributed by atoms with Gasteiger partial charge < -0.3 is 10.1 Å². The molecule has 9 nitrogen and oxygen atoms in total. The third-order valence-corrected chi connectivity index (χ3v) is 11.9. The third kappa shape index (κ3) is 5.88. The van der Waals surface area contributed by atoms with Gasteiger partial charge in [-0.3, -0.25) is 9.10 Å². The van der Waals surface area contributed by atoms with E-state index < -0.39 is 20.0 Å². The van der Waals surface area contributed by atoms with Gasteiger partial charge in [-0.2, -0.15) is 4.31 Å². The summed E-state index contributed by atoms with van der Waals surface area (Å²) in [5.41, 5.74) is 2.79. The lowest BCUT2D eigenvalue weighted by Gasteiger charge is -2.31. The zero-order valence-electron chi connectivity index (χ0n) is 23.7. The first-order valence-corrected chi connectivity index (χ1v) is 17.1. The quantitative estimate of drug-likeness (QED) is 0.363. The topological polar surface area (TPSA) is 113 Å². The van der Waals surface area contributed by atoms with Crippen molar-refractivity contribution in [3.63, 3.8) is 0 Å². The van der Waals surface area contributed by atoms with Crippen LogP contribution in [0.15, 0.2) is 70.5 Å². The largest absolute Gasteiger partial charge is 0.495 e. The summed E-state index contributed by atoms with van der Waals surface area (Å²) < 4.78 is 61.8. The molecule has 0 spiro atoms. The number of sulfonamides is 2. The van der Waals surface area contributed by atoms with E-state index in [1.807, 2.05) is 26.0 Å². The van der Waals surface area contributed by atoms with Crippen LogP contribution in [0.5, 0.6) is 5.75 Å². The molecular weight excluding hydrogens is 598 g/mol. The van der Waals surface area contributed by atoms with E-state index in [-0.39, 0.29) is 40.6 Å². The Morgan fingerprint density at radius 1 is 0.929 bits per heavy atom. The van der Waals surface area contributed by atoms with Gasteiger partial charge in [-0.05, 0) is 84.8 Å². The number of carbonyl (C=O) groups excluding carboxylic acids is 1. The van der Waals surface area contributed by atoms with Crippen molar-refractivity contribution in [2.24, 2.45) is 5.92 Å². The predicted octanol–water partition coefficient (Wildman–Crippen LogP) is 5.26. The zero-order valence-corrected chi connectivity index (χ0v) is 26.1. The van der Waals surface area contributed by atoms with Gasteiger partial charge in [0.2, 0.25) is 15.9 Å². The monoisotopic (exact) mass is 631 g/mol. The molecule has 2 aliphatic rings. The minimum atomic E-state index is -3.81. The molecule has 0 atom stereocenters. The Hall–Kier alpha value is -3.12. The normalized spacial score (nSPS) is 16.5. The first kappa shape index (κ1) is 30.3. The van der Waals surface area contributed by atoms with Gasteiger partial charge in [-0.1, -0.05) is 37.6 Å². The van der Waals surface area contributed by atoms with Crippen molar-refractivity contribution < 1.29 is 26.4 Å². The number of rotatable bonds is 8. The summed E-state index contributed by atoms with van der Waals surface area (Å²) in [6.07, 6.45) is 1.28. The Balaban J connectivity index is 1.27. The molecule has 1 N–H and O–H groups in total. The fourth-order valence-electron chi connectivity index (χ4n) is 5.41. The standard InChI is InChI=1S/C30H34ClN3O6S2/c1-20(2)23-5-11-28(40-3)29(18-23)42(38,39)33-15-12-22(13-16-33)30(35)32-25-8-4-21-14-17-34(27(21)19-25)41(36,37)26-9-6-24(31)7-10-26/h4-11,18-20,22H,12-17H2,1-3H3,(H,32,35). The Labute approximate surface area is 252 Å². The number of hydrogen-bond acceptors (Lipinski definition) is 6. The van der Waals surface area contributed by atoms with E-state index in [4.69, 9.17) is 16.3 Å². The molecule has 1 fully saturated rings. The fraction of sp³-hybridized carbons (Fsp3) is 0.367. The number of piperidine rings is 1. The van der Waals surface area contributed by atoms with E-state index in [1.165, 1.54) is 40.0 Å². The molecule has 0 unspecified atom stereocenters. The maximum Gasteiger partial charge on any atom is 0.264 e. The van der Waals surface area contributed by atoms with Crippen LogP contribution in [0.3, 0.4) is 0 Å². The Bertz CT molecular complexity index is 1700. The van der Waals surface area contributed by atoms with Crippen LogP contribution < -0.4 is 14.4 Å². The van der Waals surface area contributed by atoms with E-state index >= 15 is 0 Å². The van der Waals surface area contributed by atoms with Crippen molar-refractivity contribution in [1.82, 2.24) is 4.31 Å². The van der Waals surface area contributed by atoms with Gasteiger partial charge in [0.25, 0.3) is 10.0 Å². The predicted molar refractivity (Wildman–Crippen MR) is 163 cm³/mol. The Morgan fingerprint density at radius 3 is 2.26 bits per heavy atom. The second kappa shape index (κ2) is 11.9. The van der Waals surface area contributed by atoms with Crippen LogP contribution in [-0.4, -0.2) is 53.8 Å². The number of nitrogens with one attached hydrogen (secondary N) is 1. The van der Waals surface area contributed by atoms with Gasteiger partial charge >= 0.3 is 0 Å². The number of benzene rings is 3. The highest BCUT2D eigenvalue weighted by atomic mass is 35.5. The molecule has 42 heavy (non-hydrogen) atoms. The van der Waals surface area contributed by atoms with Crippen LogP contribution in [0.4, 0.5) is 11.4 Å². The molecule has 0 aliphatic carbocycles. The smallest absolute Gasteiger partial charge is 0.264 e. The van der Waals surface area contributed by atoms with Crippen molar-refractivity contribution in [3.05, 3.63) is 76.8 Å². The second-order valence-corrected chi connectivity index (χ2v) is 15.1. The number of fused-ring (bicyclic) bond motifs is 1. The molecule has 12 heteroatoms. The zero-order chi connectivity index (χ0) is 30.2. The lowest BCUT2D eigenvalue weighted by molar-refractivity contribution is -0.120. The molecule has 5 rings (SSSR count). The van der Waals surface area contributed by atoms with Gasteiger partial charge in [-0.15, -0.1) is 0 Å². The Morgan fingerprint density at radius 2 is 1.62 bits per heavy atom. The first-order chi connectivity index (χ1) is 19.9. The van der Waals surface area contributed by atoms with Crippen molar-refractivity contribution in [2.45, 2.75) is 48.8 Å². The summed E-state index contributed by atoms with van der Waals surface area (Å²) in [5, 5.41) is 3.37. The van der Waals surface area contributed by atoms with E-state index in [9.17, 15) is 21.6 Å². The summed E-state index contributed by atoms with van der Waals surface area (Å²) in [5.74, 6) is -0.162. The number of ether oxygens (including phenoxy) is 1. The summed E-state index contributed by atoms with van der Waals surface area (Å²) >= 11 is 5.94. The van der Waals surface area contributed by atoms with Crippen molar-refractivity contribution in [1.29, 1.82) is 0 Å². The maximum absolute atomic E-state index is 13.5. The summed E-state index contributed by atoms with van der Waals surface area (Å²) in [4.78, 5) is 13.5. The van der Waals surface area contributed by atoms with Crippen molar-refractivity contribution in [2.75, 3.05) is 36.4 Å². The average Bonchev–Trinajstić information content (AvgIpc) is 3.41. The molecule has 2 heterocycles. The number of anilines is 2. The Kier molecular flexibility index (Phi) is 8.58. The molecule has 1 amide bonds. The van der Waals surface area contributed by atoms with Gasteiger partial charge in [0.1, 0.15) is 10.6 Å². The summed E-state index contributed by atoms with van der Waals surface area (Å²) in [7, 11) is -6.16. The first-order valence-electron chi connectivity index (χ1n) is 13.8. The van der Waals surface area contributed by atoms with Gasteiger partial charge in [0, 0.05) is 36.3 Å². The summed E-state index contributed by atoms with van der Waals surface area (Å²) in [6.45, 7) is 4.70. The molecule has 0 saturated carbocycles. The molecule has 1 saturated heterocycles. The molecule has 0 bridgehead atoms. The minimum Gasteiger partial charge on any atom is -0.495 e. The van der Waals surface area contributed by atoms with Crippen LogP contribution in [0, 0.1) is 5.92 Å². The highest BCUT2D eigenvalue weighted by molar-refractivity contribution is 7.92. The number of amides is 1. The highest BCUT2D eigenvalue weighted by Gasteiger charge is 2.35. The number of methoxy groups -OCH3 is 1. The van der Waals surface area contributed by atoms with Crippen LogP contribution >= 0.6 is 11.6 Å². The lowest BCUT2D eigenvalue weighted by Crippen LogP contribution is -2.41. The van der Waals surface area contributed by atoms with Crippen molar-refractivity contribution in [3.8, 4) is 5.75 Å². The number of carbonyl (C=O) groups is 1. The number of nitrogens with zero attached hydrogens (tertiary/aromatic N) is 2. The number of hydrogen-bond donors (Lipinski definition) is 1. The van der Waals surface area contributed by atoms with Crippen LogP contribution in [-0.2, 0) is 31.3 Å². The minimum absolute atomic E-state index is 0.135. The second-order valence-electron chi connectivity index (χ2n) is 10.9. The third-order valence-electron chi connectivity index (χ3n) is 7.90. The van der Waals surface area contributed by atoms with E-state index in [1.54, 1.807) is 24.3 Å². The van der Waals surface area contributed by atoms with Crippen LogP contribution in [0.2, 0.25) is 5.02 Å². The molecule has 3 aromatic carbocycles. The summed E-state index contributed by atoms with van der Waals surface area (Å²) in [6, 6.07) is 16.5. The SMILES string of the molecule is COc1ccc(C(C)C)cc1S(=O)(=O)N1CCC(C(=O)Nc2ccc3c(c2)N(S(=O)(=O)c2ccc(Cl)cc2)CC3)CC1. The van der Waals surface area contributed by atoms with Gasteiger partial charge in [0.05, 0.1) is 17.7 Å². The van der Waals surface area contributed by atoms with Gasteiger partial charge in [0.15, 0.2) is 0 Å². The molecule has 224 valence electrons. The van der Waals surface area contributed by atoms with Crippen molar-refractivity contribution >= 4 is 48.9 Å². The molecular formula is C30H34ClN3O6S2. The molecule has 2 aliphatic heterocycles.